The van der Waals surface area contributed by atoms with Gasteiger partial charge in [-0.2, -0.15) is 0 Å². The molecule has 0 aromatic carbocycles. The van der Waals surface area contributed by atoms with Crippen molar-refractivity contribution in [3.05, 3.63) is 35.3 Å². The smallest absolute Gasteiger partial charge is 0.481 e. The fourth-order valence-electron chi connectivity index (χ4n) is 11.6. The van der Waals surface area contributed by atoms with Gasteiger partial charge in [-0.3, -0.25) is 14.4 Å². The van der Waals surface area contributed by atoms with Gasteiger partial charge in [0.2, 0.25) is 5.88 Å². The van der Waals surface area contributed by atoms with Crippen molar-refractivity contribution in [2.75, 3.05) is 0 Å². The van der Waals surface area contributed by atoms with E-state index in [1.807, 2.05) is 18.5 Å². The fraction of sp³-hybridized carbons (Fsp3) is 0.721. The summed E-state index contributed by atoms with van der Waals surface area (Å²) in [5.74, 6) is 1.12. The van der Waals surface area contributed by atoms with E-state index in [1.54, 1.807) is 0 Å². The lowest BCUT2D eigenvalue weighted by Gasteiger charge is -2.65. The third-order valence-electron chi connectivity index (χ3n) is 14.7. The summed E-state index contributed by atoms with van der Waals surface area (Å²) in [5.41, 5.74) is 1.36. The van der Waals surface area contributed by atoms with Crippen molar-refractivity contribution >= 4 is 17.7 Å². The zero-order valence-corrected chi connectivity index (χ0v) is 34.4. The molecule has 3 fully saturated rings. The monoisotopic (exact) mass is 784 g/mol. The number of ether oxygens (including phenoxy) is 2. The van der Waals surface area contributed by atoms with E-state index in [0.29, 0.717) is 48.4 Å². The molecule has 2 heterocycles. The van der Waals surface area contributed by atoms with Gasteiger partial charge in [0.1, 0.15) is 5.82 Å². The van der Waals surface area contributed by atoms with Crippen LogP contribution in [-0.4, -0.2) is 55.0 Å². The van der Waals surface area contributed by atoms with Gasteiger partial charge in [-0.15, -0.1) is 23.4 Å². The minimum atomic E-state index is -4.84. The van der Waals surface area contributed by atoms with Gasteiger partial charge in [-0.25, -0.2) is 4.98 Å². The second kappa shape index (κ2) is 14.9. The number of carboxylic acid groups (broad SMARTS) is 1. The molecule has 0 spiro atoms. The van der Waals surface area contributed by atoms with E-state index in [9.17, 15) is 32.7 Å². The Morgan fingerprint density at radius 2 is 1.77 bits per heavy atom. The van der Waals surface area contributed by atoms with Crippen LogP contribution in [0.2, 0.25) is 0 Å². The average molecular weight is 785 g/mol. The van der Waals surface area contributed by atoms with Crippen LogP contribution >= 0.6 is 0 Å². The highest BCUT2D eigenvalue weighted by Crippen LogP contribution is 2.70. The molecule has 0 aliphatic heterocycles. The molecule has 3 saturated carbocycles. The summed E-state index contributed by atoms with van der Waals surface area (Å²) in [5, 5.41) is 18.5. The molecule has 56 heavy (non-hydrogen) atoms. The molecule has 308 valence electrons. The van der Waals surface area contributed by atoms with Crippen LogP contribution in [0.3, 0.4) is 0 Å². The molecule has 2 aromatic rings. The van der Waals surface area contributed by atoms with Crippen LogP contribution in [0, 0.1) is 51.2 Å². The van der Waals surface area contributed by atoms with Gasteiger partial charge >= 0.3 is 18.3 Å². The lowest BCUT2D eigenvalue weighted by molar-refractivity contribution is -0.276. The number of carbonyl (C=O) groups excluding carboxylic acids is 2. The van der Waals surface area contributed by atoms with E-state index < -0.39 is 29.6 Å². The second-order valence-corrected chi connectivity index (χ2v) is 19.0. The molecule has 10 nitrogen and oxygen atoms in total. The molecule has 1 N–H and O–H groups in total. The van der Waals surface area contributed by atoms with E-state index in [1.165, 1.54) is 31.7 Å². The molecule has 4 aliphatic rings. The van der Waals surface area contributed by atoms with Crippen molar-refractivity contribution in [1.29, 1.82) is 0 Å². The number of carbonyl (C=O) groups is 3. The van der Waals surface area contributed by atoms with Gasteiger partial charge in [-0.1, -0.05) is 40.2 Å². The quantitative estimate of drug-likeness (QED) is 0.209. The summed E-state index contributed by atoms with van der Waals surface area (Å²) in [6.07, 6.45) is 4.75. The number of Topliss-reactive ketones (excluding diaryl/α,β-unsaturated/α-hetero) is 1. The first-order valence-electron chi connectivity index (χ1n) is 20.3. The Bertz CT molecular complexity index is 1870. The lowest BCUT2D eigenvalue weighted by Crippen LogP contribution is -2.57. The first-order chi connectivity index (χ1) is 26.0. The third-order valence-corrected chi connectivity index (χ3v) is 14.7. The maximum atomic E-state index is 14.1. The maximum Gasteiger partial charge on any atom is 0.574 e. The Kier molecular flexibility index (Phi) is 11.1. The summed E-state index contributed by atoms with van der Waals surface area (Å²) in [6.45, 7) is 16.6. The van der Waals surface area contributed by atoms with Crippen LogP contribution in [0.1, 0.15) is 125 Å². The molecule has 4 aliphatic carbocycles. The first kappa shape index (κ1) is 41.9. The largest absolute Gasteiger partial charge is 0.574 e. The molecule has 0 saturated heterocycles. The number of esters is 1. The molecule has 8 atom stereocenters. The van der Waals surface area contributed by atoms with E-state index in [-0.39, 0.29) is 46.4 Å². The topological polar surface area (TPSA) is 134 Å². The average Bonchev–Trinajstić information content (AvgIpc) is 3.60. The normalized spacial score (nSPS) is 31.1. The molecule has 0 radical (unpaired) electrons. The van der Waals surface area contributed by atoms with Crippen molar-refractivity contribution < 1.29 is 42.1 Å². The standard InChI is InChI=1S/C43H59F3N4O6/c1-24(2)35-30(51)20-42(21-32-48-49-37(50(32)9)27-10-13-33(47-23-27)56-43(44,45)46)19-16-29-28(36(35)42)11-12-31-40(7,25(3)14-17-41(29,31)8)18-15-26(4)55-34(52)22-39(5,6)38(53)54/h10,13,23-26,28-29,31H,11-12,14-22H2,1-9H3,(H,53,54). The highest BCUT2D eigenvalue weighted by Gasteiger charge is 2.63. The van der Waals surface area contributed by atoms with Crippen molar-refractivity contribution in [2.45, 2.75) is 138 Å². The van der Waals surface area contributed by atoms with Gasteiger partial charge in [-0.05, 0) is 124 Å². The van der Waals surface area contributed by atoms with Crippen LogP contribution in [0.5, 0.6) is 5.88 Å². The minimum absolute atomic E-state index is 0.0230. The molecule has 6 rings (SSSR count). The summed E-state index contributed by atoms with van der Waals surface area (Å²) < 4.78 is 49.8. The number of aromatic nitrogens is 4. The van der Waals surface area contributed by atoms with Crippen molar-refractivity contribution in [1.82, 2.24) is 19.7 Å². The van der Waals surface area contributed by atoms with Crippen molar-refractivity contribution in [3.8, 4) is 17.3 Å². The Hall–Kier alpha value is -3.77. The van der Waals surface area contributed by atoms with Crippen molar-refractivity contribution in [2.24, 2.45) is 58.3 Å². The zero-order chi connectivity index (χ0) is 41.2. The van der Waals surface area contributed by atoms with E-state index in [4.69, 9.17) is 4.74 Å². The molecule has 2 aromatic heterocycles. The predicted molar refractivity (Wildman–Crippen MR) is 203 cm³/mol. The van der Waals surface area contributed by atoms with Crippen LogP contribution in [0.15, 0.2) is 29.5 Å². The van der Waals surface area contributed by atoms with Crippen LogP contribution in [0.25, 0.3) is 11.4 Å². The number of rotatable bonds is 12. The van der Waals surface area contributed by atoms with Gasteiger partial charge in [0.05, 0.1) is 17.9 Å². The summed E-state index contributed by atoms with van der Waals surface area (Å²) in [6, 6.07) is 2.65. The number of carboxylic acids is 1. The second-order valence-electron chi connectivity index (χ2n) is 19.0. The van der Waals surface area contributed by atoms with Gasteiger partial charge < -0.3 is 19.1 Å². The number of allylic oxidation sites excluding steroid dienone is 2. The van der Waals surface area contributed by atoms with Crippen molar-refractivity contribution in [3.63, 3.8) is 0 Å². The number of pyridine rings is 1. The third kappa shape index (κ3) is 7.64. The predicted octanol–water partition coefficient (Wildman–Crippen LogP) is 9.32. The number of aliphatic carboxylic acids is 1. The summed E-state index contributed by atoms with van der Waals surface area (Å²) in [7, 11) is 1.85. The van der Waals surface area contributed by atoms with Gasteiger partial charge in [0.15, 0.2) is 11.6 Å². The van der Waals surface area contributed by atoms with Crippen LogP contribution in [-0.2, 0) is 32.6 Å². The summed E-state index contributed by atoms with van der Waals surface area (Å²) in [4.78, 5) is 42.2. The number of ketones is 1. The number of hydrogen-bond acceptors (Lipinski definition) is 8. The molecule has 0 amide bonds. The van der Waals surface area contributed by atoms with E-state index in [2.05, 4.69) is 54.5 Å². The van der Waals surface area contributed by atoms with E-state index >= 15 is 0 Å². The van der Waals surface area contributed by atoms with Gasteiger partial charge in [0.25, 0.3) is 0 Å². The zero-order valence-electron chi connectivity index (χ0n) is 34.4. The first-order valence-corrected chi connectivity index (χ1v) is 20.3. The minimum Gasteiger partial charge on any atom is -0.481 e. The molecular formula is C43H59F3N4O6. The maximum absolute atomic E-state index is 14.1. The lowest BCUT2D eigenvalue weighted by atomic mass is 9.40. The van der Waals surface area contributed by atoms with Gasteiger partial charge in [0, 0.05) is 43.1 Å². The number of halogens is 3. The molecule has 0 bridgehead atoms. The Labute approximate surface area is 328 Å². The highest BCUT2D eigenvalue weighted by molar-refractivity contribution is 6.00. The Morgan fingerprint density at radius 1 is 1.05 bits per heavy atom. The number of nitrogens with zero attached hydrogens (tertiary/aromatic N) is 4. The number of hydrogen-bond donors (Lipinski definition) is 1. The Morgan fingerprint density at radius 3 is 2.39 bits per heavy atom. The highest BCUT2D eigenvalue weighted by atomic mass is 19.4. The Balaban J connectivity index is 1.23. The number of alkyl halides is 3. The fourth-order valence-corrected chi connectivity index (χ4v) is 11.6. The number of fused-ring (bicyclic) bond motifs is 5. The SMILES string of the molecule is CC(CCC1(C)C(C)CCC2(C)C3CCC4(Cc5nnc(-c6ccc(OC(F)(F)F)nc6)n5C)CC(=O)C(C(C)C)=C4C3CCC12)OC(=O)CC(C)(C)C(=O)O. The molecule has 13 heteroatoms. The molecule has 8 unspecified atom stereocenters. The van der Waals surface area contributed by atoms with Crippen LogP contribution in [0.4, 0.5) is 13.2 Å². The summed E-state index contributed by atoms with van der Waals surface area (Å²) >= 11 is 0. The van der Waals surface area contributed by atoms with Crippen LogP contribution < -0.4 is 4.74 Å². The van der Waals surface area contributed by atoms with E-state index in [0.717, 1.165) is 62.4 Å². The molecular weight excluding hydrogens is 725 g/mol.